The SMILES string of the molecule is CC/C=C\C/C=C\C/C=C\C/C=C\C/C=C\C/C=C\C/C=C\CCCCCCCCCC(=O)OC(COC(=O)CCCCCCCCCCCCCCCC/C=C\C/C=C\C/C=C\C/C=C\C/C=C\C/C=C\CC)COC(OCC[N+](C)(C)C)C(=O)[O-]. The molecule has 0 aliphatic heterocycles. The fourth-order valence-electron chi connectivity index (χ4n) is 9.05. The minimum Gasteiger partial charge on any atom is -0.545 e. The zero-order chi connectivity index (χ0) is 63.3. The first kappa shape index (κ1) is 81.9. The van der Waals surface area contributed by atoms with E-state index >= 15 is 0 Å². The van der Waals surface area contributed by atoms with Crippen LogP contribution in [-0.4, -0.2) is 82.3 Å². The predicted octanol–water partition coefficient (Wildman–Crippen LogP) is 20.4. The highest BCUT2D eigenvalue weighted by Crippen LogP contribution is 2.16. The molecule has 0 aromatic rings. The highest BCUT2D eigenvalue weighted by Gasteiger charge is 2.22. The summed E-state index contributed by atoms with van der Waals surface area (Å²) in [4.78, 5) is 37.5. The highest BCUT2D eigenvalue weighted by molar-refractivity contribution is 5.70. The van der Waals surface area contributed by atoms with Gasteiger partial charge in [0.25, 0.3) is 0 Å². The molecule has 9 heteroatoms. The van der Waals surface area contributed by atoms with Crippen LogP contribution >= 0.6 is 0 Å². The summed E-state index contributed by atoms with van der Waals surface area (Å²) in [6.45, 7) is 4.50. The molecule has 0 saturated carbocycles. The van der Waals surface area contributed by atoms with Crippen molar-refractivity contribution < 1.29 is 42.9 Å². The Labute approximate surface area is 534 Å². The number of carbonyl (C=O) groups is 3. The molecule has 0 rings (SSSR count). The van der Waals surface area contributed by atoms with E-state index in [1.807, 2.05) is 21.1 Å². The average Bonchev–Trinajstić information content (AvgIpc) is 3.57. The summed E-state index contributed by atoms with van der Waals surface area (Å²) in [6, 6.07) is 0. The lowest BCUT2D eigenvalue weighted by Crippen LogP contribution is -2.44. The number of likely N-dealkylation sites (N-methyl/N-ethyl adjacent to an activating group) is 1. The third-order valence-corrected chi connectivity index (χ3v) is 14.3. The van der Waals surface area contributed by atoms with E-state index in [0.29, 0.717) is 17.4 Å². The largest absolute Gasteiger partial charge is 0.545 e. The summed E-state index contributed by atoms with van der Waals surface area (Å²) < 4.78 is 22.8. The minimum atomic E-state index is -1.64. The van der Waals surface area contributed by atoms with E-state index in [-0.39, 0.29) is 38.6 Å². The van der Waals surface area contributed by atoms with Crippen molar-refractivity contribution in [1.29, 1.82) is 0 Å². The van der Waals surface area contributed by atoms with Crippen molar-refractivity contribution in [2.24, 2.45) is 0 Å². The minimum absolute atomic E-state index is 0.137. The van der Waals surface area contributed by atoms with Crippen LogP contribution in [0.3, 0.4) is 0 Å². The smallest absolute Gasteiger partial charge is 0.306 e. The summed E-state index contributed by atoms with van der Waals surface area (Å²) in [5.74, 6) is -2.31. The topological polar surface area (TPSA) is 111 Å². The van der Waals surface area contributed by atoms with Crippen LogP contribution in [0, 0.1) is 0 Å². The number of nitrogens with zero attached hydrogens (tertiary/aromatic N) is 1. The summed E-state index contributed by atoms with van der Waals surface area (Å²) >= 11 is 0. The van der Waals surface area contributed by atoms with E-state index in [1.165, 1.54) is 96.3 Å². The first-order valence-corrected chi connectivity index (χ1v) is 34.6. The second kappa shape index (κ2) is 66.9. The van der Waals surface area contributed by atoms with Gasteiger partial charge in [0.05, 0.1) is 40.3 Å². The van der Waals surface area contributed by atoms with Crippen LogP contribution in [0.5, 0.6) is 0 Å². The Morgan fingerprint density at radius 1 is 0.345 bits per heavy atom. The van der Waals surface area contributed by atoms with Crippen LogP contribution in [0.15, 0.2) is 158 Å². The number of carboxylic acids is 1. The van der Waals surface area contributed by atoms with Crippen LogP contribution in [0.2, 0.25) is 0 Å². The van der Waals surface area contributed by atoms with Gasteiger partial charge >= 0.3 is 11.9 Å². The fraction of sp³-hybridized carbons (Fsp3) is 0.628. The fourth-order valence-corrected chi connectivity index (χ4v) is 9.05. The van der Waals surface area contributed by atoms with Gasteiger partial charge in [0.1, 0.15) is 13.2 Å². The van der Waals surface area contributed by atoms with Gasteiger partial charge in [-0.05, 0) is 122 Å². The molecule has 0 saturated heterocycles. The number of unbranched alkanes of at least 4 members (excludes halogenated alkanes) is 21. The number of aliphatic carboxylic acids is 1. The molecule has 0 radical (unpaired) electrons. The third-order valence-electron chi connectivity index (χ3n) is 14.3. The quantitative estimate of drug-likeness (QED) is 0.0195. The molecule has 0 spiro atoms. The zero-order valence-corrected chi connectivity index (χ0v) is 56.1. The standard InChI is InChI=1S/C78H127NO8/c1-6-8-10-12-14-16-18-20-22-24-26-28-30-32-34-36-37-38-39-41-42-44-46-48-50-52-54-56-58-60-62-64-66-68-75(80)85-72-74(73-86-78(77(82)83)84-71-70-79(3,4)5)87-76(81)69-67-65-63-61-59-57-55-53-51-49-47-45-43-40-35-33-31-29-27-25-23-21-19-17-15-13-11-9-7-2/h8-11,14-17,20-23,26-29,32-35,37-38,43,45,49,51,74,78H,6-7,12-13,18-19,24-25,30-31,36,39-42,44,46-48,50,52-73H2,1-5H3/b10-8-,11-9-,16-14-,17-15-,22-20-,23-21-,28-26-,29-27-,34-32-,35-33-,38-37-,45-43-,51-49-. The Morgan fingerprint density at radius 3 is 0.920 bits per heavy atom. The maximum atomic E-state index is 12.9. The first-order chi connectivity index (χ1) is 42.6. The van der Waals surface area contributed by atoms with Crippen LogP contribution < -0.4 is 5.11 Å². The molecule has 492 valence electrons. The van der Waals surface area contributed by atoms with E-state index in [9.17, 15) is 19.5 Å². The van der Waals surface area contributed by atoms with Crippen molar-refractivity contribution in [1.82, 2.24) is 0 Å². The first-order valence-electron chi connectivity index (χ1n) is 34.6. The highest BCUT2D eigenvalue weighted by atomic mass is 16.7. The van der Waals surface area contributed by atoms with Gasteiger partial charge in [-0.3, -0.25) is 9.59 Å². The maximum Gasteiger partial charge on any atom is 0.306 e. The maximum absolute atomic E-state index is 12.9. The van der Waals surface area contributed by atoms with Crippen LogP contribution in [-0.2, 0) is 33.3 Å². The lowest BCUT2D eigenvalue weighted by atomic mass is 10.0. The summed E-state index contributed by atoms with van der Waals surface area (Å²) in [5, 5.41) is 11.8. The van der Waals surface area contributed by atoms with E-state index < -0.39 is 24.3 Å². The summed E-state index contributed by atoms with van der Waals surface area (Å²) in [6.07, 6.45) is 96.0. The van der Waals surface area contributed by atoms with Crippen LogP contribution in [0.1, 0.15) is 258 Å². The molecule has 0 fully saturated rings. The van der Waals surface area contributed by atoms with Crippen molar-refractivity contribution in [2.75, 3.05) is 47.5 Å². The number of carbonyl (C=O) groups excluding carboxylic acids is 3. The van der Waals surface area contributed by atoms with E-state index in [2.05, 4.69) is 172 Å². The predicted molar refractivity (Wildman–Crippen MR) is 370 cm³/mol. The van der Waals surface area contributed by atoms with Crippen LogP contribution in [0.4, 0.5) is 0 Å². The second-order valence-electron chi connectivity index (χ2n) is 23.7. The molecule has 0 N–H and O–H groups in total. The van der Waals surface area contributed by atoms with Crippen molar-refractivity contribution in [2.45, 2.75) is 270 Å². The van der Waals surface area contributed by atoms with Crippen molar-refractivity contribution in [3.8, 4) is 0 Å². The Balaban J connectivity index is 4.19. The van der Waals surface area contributed by atoms with Gasteiger partial charge in [0.15, 0.2) is 12.4 Å². The Morgan fingerprint density at radius 2 is 0.621 bits per heavy atom. The van der Waals surface area contributed by atoms with Gasteiger partial charge in [-0.25, -0.2) is 0 Å². The lowest BCUT2D eigenvalue weighted by Gasteiger charge is -2.26. The molecule has 9 nitrogen and oxygen atoms in total. The normalized spacial score (nSPS) is 13.7. The second-order valence-corrected chi connectivity index (χ2v) is 23.7. The van der Waals surface area contributed by atoms with Gasteiger partial charge in [0.2, 0.25) is 0 Å². The van der Waals surface area contributed by atoms with E-state index in [4.69, 9.17) is 18.9 Å². The van der Waals surface area contributed by atoms with Gasteiger partial charge in [0, 0.05) is 12.8 Å². The number of ether oxygens (including phenoxy) is 4. The molecule has 0 bridgehead atoms. The number of allylic oxidation sites excluding steroid dienone is 26. The molecular weight excluding hydrogens is 1080 g/mol. The molecule has 2 atom stereocenters. The summed E-state index contributed by atoms with van der Waals surface area (Å²) in [7, 11) is 5.92. The zero-order valence-electron chi connectivity index (χ0n) is 56.1. The molecule has 2 unspecified atom stereocenters. The lowest BCUT2D eigenvalue weighted by molar-refractivity contribution is -0.870. The Kier molecular flexibility index (Phi) is 62.9. The Hall–Kier alpha value is -5.09. The number of rotatable bonds is 62. The van der Waals surface area contributed by atoms with Crippen molar-refractivity contribution >= 4 is 17.9 Å². The molecule has 0 aliphatic rings. The molecule has 0 aliphatic carbocycles. The molecule has 0 heterocycles. The summed E-state index contributed by atoms with van der Waals surface area (Å²) in [5.41, 5.74) is 0. The number of esters is 2. The van der Waals surface area contributed by atoms with E-state index in [0.717, 1.165) is 128 Å². The van der Waals surface area contributed by atoms with Gasteiger partial charge in [-0.1, -0.05) is 281 Å². The molecule has 0 amide bonds. The van der Waals surface area contributed by atoms with Crippen molar-refractivity contribution in [3.63, 3.8) is 0 Å². The Bertz CT molecular complexity index is 1990. The monoisotopic (exact) mass is 1210 g/mol. The van der Waals surface area contributed by atoms with Gasteiger partial charge in [-0.2, -0.15) is 0 Å². The average molecular weight is 1210 g/mol. The number of hydrogen-bond donors (Lipinski definition) is 0. The molecule has 87 heavy (non-hydrogen) atoms. The van der Waals surface area contributed by atoms with E-state index in [1.54, 1.807) is 0 Å². The molecular formula is C78H127NO8. The van der Waals surface area contributed by atoms with Gasteiger partial charge in [-0.15, -0.1) is 0 Å². The number of carboxylic acid groups (broad SMARTS) is 1. The third kappa shape index (κ3) is 68.3. The molecule has 0 aromatic heterocycles. The molecule has 0 aromatic carbocycles. The van der Waals surface area contributed by atoms with Gasteiger partial charge < -0.3 is 33.3 Å². The van der Waals surface area contributed by atoms with Crippen molar-refractivity contribution in [3.05, 3.63) is 158 Å². The number of quaternary nitrogens is 1. The number of hydrogen-bond acceptors (Lipinski definition) is 8. The van der Waals surface area contributed by atoms with Crippen LogP contribution in [0.25, 0.3) is 0 Å².